The zero-order valence-electron chi connectivity index (χ0n) is 20.8. The first-order chi connectivity index (χ1) is 16.5. The van der Waals surface area contributed by atoms with Gasteiger partial charge in [0.15, 0.2) is 11.5 Å². The van der Waals surface area contributed by atoms with Crippen molar-refractivity contribution in [2.24, 2.45) is 0 Å². The number of nitrogens with zero attached hydrogens (tertiary/aromatic N) is 2. The van der Waals surface area contributed by atoms with Crippen molar-refractivity contribution in [1.29, 1.82) is 0 Å². The number of sulfonamides is 1. The van der Waals surface area contributed by atoms with Gasteiger partial charge in [-0.15, -0.1) is 0 Å². The highest BCUT2D eigenvalue weighted by molar-refractivity contribution is 7.92. The first-order valence-corrected chi connectivity index (χ1v) is 13.4. The zero-order valence-corrected chi connectivity index (χ0v) is 21.6. The fourth-order valence-corrected chi connectivity index (χ4v) is 4.51. The molecule has 2 amide bonds. The van der Waals surface area contributed by atoms with Crippen LogP contribution in [0.1, 0.15) is 38.3 Å². The SMILES string of the molecule is CC[C@@H](C)NC(=O)[C@H](C)N(Cc1ccccc1C)C(=O)CN(c1ccc2c(c1)OCO2)S(C)(=O)=O. The number of hydrogen-bond acceptors (Lipinski definition) is 6. The maximum atomic E-state index is 13.6. The van der Waals surface area contributed by atoms with Crippen LogP contribution in [0.2, 0.25) is 0 Å². The van der Waals surface area contributed by atoms with Gasteiger partial charge in [0.25, 0.3) is 0 Å². The number of carbonyl (C=O) groups is 2. The molecule has 2 aromatic carbocycles. The minimum atomic E-state index is -3.82. The second-order valence-electron chi connectivity index (χ2n) is 8.75. The van der Waals surface area contributed by atoms with Crippen LogP contribution >= 0.6 is 0 Å². The van der Waals surface area contributed by atoms with Gasteiger partial charge in [0.05, 0.1) is 11.9 Å². The number of anilines is 1. The van der Waals surface area contributed by atoms with Crippen molar-refractivity contribution in [2.45, 2.75) is 52.7 Å². The molecule has 2 atom stereocenters. The van der Waals surface area contributed by atoms with Crippen molar-refractivity contribution in [1.82, 2.24) is 10.2 Å². The molecule has 1 aliphatic heterocycles. The van der Waals surface area contributed by atoms with Crippen LogP contribution < -0.4 is 19.1 Å². The number of ether oxygens (including phenoxy) is 2. The lowest BCUT2D eigenvalue weighted by Gasteiger charge is -2.32. The lowest BCUT2D eigenvalue weighted by atomic mass is 10.1. The van der Waals surface area contributed by atoms with Gasteiger partial charge in [0, 0.05) is 18.7 Å². The van der Waals surface area contributed by atoms with E-state index in [-0.39, 0.29) is 31.0 Å². The summed E-state index contributed by atoms with van der Waals surface area (Å²) in [5.41, 5.74) is 2.12. The molecule has 2 aromatic rings. The number of amides is 2. The second-order valence-corrected chi connectivity index (χ2v) is 10.7. The molecule has 0 bridgehead atoms. The van der Waals surface area contributed by atoms with E-state index in [1.54, 1.807) is 19.1 Å². The third-order valence-electron chi connectivity index (χ3n) is 6.09. The summed E-state index contributed by atoms with van der Waals surface area (Å²) in [6, 6.07) is 11.4. The molecule has 0 aromatic heterocycles. The molecule has 1 N–H and O–H groups in total. The molecule has 1 heterocycles. The Hall–Kier alpha value is -3.27. The Bertz CT molecular complexity index is 1180. The molecule has 0 saturated carbocycles. The molecule has 190 valence electrons. The first kappa shape index (κ1) is 26.3. The predicted molar refractivity (Wildman–Crippen MR) is 134 cm³/mol. The molecule has 1 aliphatic rings. The van der Waals surface area contributed by atoms with Crippen molar-refractivity contribution in [2.75, 3.05) is 23.9 Å². The van der Waals surface area contributed by atoms with Crippen LogP contribution in [-0.4, -0.2) is 56.8 Å². The molecule has 35 heavy (non-hydrogen) atoms. The lowest BCUT2D eigenvalue weighted by Crippen LogP contribution is -2.52. The number of nitrogens with one attached hydrogen (secondary N) is 1. The molecule has 0 radical (unpaired) electrons. The van der Waals surface area contributed by atoms with Gasteiger partial charge in [-0.25, -0.2) is 8.42 Å². The highest BCUT2D eigenvalue weighted by atomic mass is 32.2. The van der Waals surface area contributed by atoms with Crippen LogP contribution in [0.15, 0.2) is 42.5 Å². The molecule has 3 rings (SSSR count). The van der Waals surface area contributed by atoms with Gasteiger partial charge in [0.1, 0.15) is 12.6 Å². The Balaban J connectivity index is 1.92. The van der Waals surface area contributed by atoms with Crippen molar-refractivity contribution < 1.29 is 27.5 Å². The predicted octanol–water partition coefficient (Wildman–Crippen LogP) is 2.82. The summed E-state index contributed by atoms with van der Waals surface area (Å²) in [5, 5.41) is 2.91. The maximum Gasteiger partial charge on any atom is 0.244 e. The average Bonchev–Trinajstić information content (AvgIpc) is 3.28. The van der Waals surface area contributed by atoms with Crippen LogP contribution in [0.4, 0.5) is 5.69 Å². The van der Waals surface area contributed by atoms with E-state index in [2.05, 4.69) is 5.32 Å². The Morgan fingerprint density at radius 2 is 1.77 bits per heavy atom. The quantitative estimate of drug-likeness (QED) is 0.535. The van der Waals surface area contributed by atoms with E-state index in [9.17, 15) is 18.0 Å². The Morgan fingerprint density at radius 1 is 1.09 bits per heavy atom. The number of aryl methyl sites for hydroxylation is 1. The average molecular weight is 504 g/mol. The number of hydrogen-bond donors (Lipinski definition) is 1. The van der Waals surface area contributed by atoms with Crippen molar-refractivity contribution in [3.63, 3.8) is 0 Å². The van der Waals surface area contributed by atoms with Crippen LogP contribution in [0, 0.1) is 6.92 Å². The van der Waals surface area contributed by atoms with Gasteiger partial charge < -0.3 is 19.7 Å². The molecule has 9 nitrogen and oxygen atoms in total. The maximum absolute atomic E-state index is 13.6. The van der Waals surface area contributed by atoms with Crippen molar-refractivity contribution in [3.05, 3.63) is 53.6 Å². The summed E-state index contributed by atoms with van der Waals surface area (Å²) in [6.45, 7) is 7.18. The highest BCUT2D eigenvalue weighted by Gasteiger charge is 2.31. The number of benzene rings is 2. The van der Waals surface area contributed by atoms with E-state index < -0.39 is 28.5 Å². The van der Waals surface area contributed by atoms with E-state index >= 15 is 0 Å². The fraction of sp³-hybridized carbons (Fsp3) is 0.440. The van der Waals surface area contributed by atoms with Crippen LogP contribution in [0.25, 0.3) is 0 Å². The van der Waals surface area contributed by atoms with Gasteiger partial charge in [0.2, 0.25) is 28.6 Å². The molecule has 0 saturated heterocycles. The molecule has 0 spiro atoms. The van der Waals surface area contributed by atoms with Crippen molar-refractivity contribution in [3.8, 4) is 11.5 Å². The van der Waals surface area contributed by atoms with Gasteiger partial charge in [-0.05, 0) is 50.5 Å². The minimum absolute atomic E-state index is 0.0452. The fourth-order valence-electron chi connectivity index (χ4n) is 3.67. The van der Waals surface area contributed by atoms with E-state index in [4.69, 9.17) is 9.47 Å². The molecule has 10 heteroatoms. The zero-order chi connectivity index (χ0) is 25.8. The van der Waals surface area contributed by atoms with Gasteiger partial charge in [-0.2, -0.15) is 0 Å². The van der Waals surface area contributed by atoms with Crippen molar-refractivity contribution >= 4 is 27.5 Å². The Kier molecular flexibility index (Phi) is 8.26. The summed E-state index contributed by atoms with van der Waals surface area (Å²) in [7, 11) is -3.82. The summed E-state index contributed by atoms with van der Waals surface area (Å²) >= 11 is 0. The van der Waals surface area contributed by atoms with Crippen LogP contribution in [0.3, 0.4) is 0 Å². The third-order valence-corrected chi connectivity index (χ3v) is 7.23. The standard InChI is InChI=1S/C25H33N3O6S/c1-6-18(3)26-25(30)19(4)27(14-20-10-8-7-9-17(20)2)24(29)15-28(35(5,31)32)21-11-12-22-23(13-21)34-16-33-22/h7-13,18-19H,6,14-16H2,1-5H3,(H,26,30)/t18-,19+/m1/s1. The molecule has 0 aliphatic carbocycles. The summed E-state index contributed by atoms with van der Waals surface area (Å²) in [4.78, 5) is 28.0. The normalized spacial score (nSPS) is 14.2. The number of rotatable bonds is 10. The Labute approximate surface area is 207 Å². The molecule has 0 unspecified atom stereocenters. The first-order valence-electron chi connectivity index (χ1n) is 11.5. The minimum Gasteiger partial charge on any atom is -0.454 e. The second kappa shape index (κ2) is 11.0. The van der Waals surface area contributed by atoms with Crippen LogP contribution in [0.5, 0.6) is 11.5 Å². The van der Waals surface area contributed by atoms with Gasteiger partial charge in [-0.3, -0.25) is 13.9 Å². The number of carbonyl (C=O) groups excluding carboxylic acids is 2. The highest BCUT2D eigenvalue weighted by Crippen LogP contribution is 2.36. The smallest absolute Gasteiger partial charge is 0.244 e. The summed E-state index contributed by atoms with van der Waals surface area (Å²) < 4.78 is 37.1. The molecular formula is C25H33N3O6S. The number of fused-ring (bicyclic) bond motifs is 1. The monoisotopic (exact) mass is 503 g/mol. The summed E-state index contributed by atoms with van der Waals surface area (Å²) in [6.07, 6.45) is 1.78. The van der Waals surface area contributed by atoms with E-state index in [1.807, 2.05) is 45.0 Å². The Morgan fingerprint density at radius 3 is 2.43 bits per heavy atom. The van der Waals surface area contributed by atoms with E-state index in [0.29, 0.717) is 11.5 Å². The van der Waals surface area contributed by atoms with E-state index in [0.717, 1.165) is 28.1 Å². The van der Waals surface area contributed by atoms with Gasteiger partial charge in [-0.1, -0.05) is 31.2 Å². The molecular weight excluding hydrogens is 470 g/mol. The largest absolute Gasteiger partial charge is 0.454 e. The topological polar surface area (TPSA) is 105 Å². The van der Waals surface area contributed by atoms with Gasteiger partial charge >= 0.3 is 0 Å². The third kappa shape index (κ3) is 6.45. The summed E-state index contributed by atoms with van der Waals surface area (Å²) in [5.74, 6) is 0.116. The molecule has 0 fully saturated rings. The van der Waals surface area contributed by atoms with Crippen LogP contribution in [-0.2, 0) is 26.2 Å². The lowest BCUT2D eigenvalue weighted by molar-refractivity contribution is -0.139. The van der Waals surface area contributed by atoms with E-state index in [1.165, 1.54) is 11.0 Å².